The van der Waals surface area contributed by atoms with Crippen LogP contribution in [0.1, 0.15) is 34.1 Å². The normalized spacial score (nSPS) is 26.9. The van der Waals surface area contributed by atoms with Crippen LogP contribution in [0, 0.1) is 5.92 Å². The molecule has 2 amide bonds. The van der Waals surface area contributed by atoms with E-state index in [1.54, 1.807) is 9.80 Å². The zero-order valence-corrected chi connectivity index (χ0v) is 13.4. The van der Waals surface area contributed by atoms with Crippen LogP contribution in [0.5, 0.6) is 0 Å². The van der Waals surface area contributed by atoms with Gasteiger partial charge in [0.15, 0.2) is 0 Å². The van der Waals surface area contributed by atoms with E-state index < -0.39 is 17.7 Å². The van der Waals surface area contributed by atoms with E-state index in [0.29, 0.717) is 45.2 Å². The number of hydrogen-bond donors (Lipinski definition) is 0. The Kier molecular flexibility index (Phi) is 4.76. The minimum Gasteiger partial charge on any atom is -0.444 e. The molecule has 6 heteroatoms. The summed E-state index contributed by atoms with van der Waals surface area (Å²) >= 11 is 0. The minimum absolute atomic E-state index is 0.0218. The first-order chi connectivity index (χ1) is 9.78. The number of rotatable bonds is 1. The molecular formula is C15H26N2O4. The van der Waals surface area contributed by atoms with Crippen molar-refractivity contribution in [2.75, 3.05) is 32.8 Å². The van der Waals surface area contributed by atoms with Crippen molar-refractivity contribution in [2.24, 2.45) is 5.92 Å². The van der Waals surface area contributed by atoms with E-state index in [4.69, 9.17) is 9.47 Å². The predicted octanol–water partition coefficient (Wildman–Crippen LogP) is 1.49. The van der Waals surface area contributed by atoms with Gasteiger partial charge in [0.25, 0.3) is 0 Å². The van der Waals surface area contributed by atoms with Crippen LogP contribution < -0.4 is 0 Å². The lowest BCUT2D eigenvalue weighted by Crippen LogP contribution is -2.51. The highest BCUT2D eigenvalue weighted by atomic mass is 16.6. The summed E-state index contributed by atoms with van der Waals surface area (Å²) in [6, 6.07) is -0.395. The summed E-state index contributed by atoms with van der Waals surface area (Å²) < 4.78 is 10.7. The molecule has 1 unspecified atom stereocenters. The molecule has 2 aliphatic heterocycles. The van der Waals surface area contributed by atoms with Crippen molar-refractivity contribution >= 4 is 12.0 Å². The summed E-state index contributed by atoms with van der Waals surface area (Å²) in [6.07, 6.45) is 0.313. The number of amides is 2. The van der Waals surface area contributed by atoms with E-state index in [1.165, 1.54) is 0 Å². The summed E-state index contributed by atoms with van der Waals surface area (Å²) in [4.78, 5) is 28.3. The molecule has 120 valence electrons. The number of ether oxygens (including phenoxy) is 2. The Bertz CT molecular complexity index is 399. The first-order valence-corrected chi connectivity index (χ1v) is 7.64. The lowest BCUT2D eigenvalue weighted by molar-refractivity contribution is -0.140. The third kappa shape index (κ3) is 4.09. The molecule has 0 saturated carbocycles. The van der Waals surface area contributed by atoms with Gasteiger partial charge >= 0.3 is 6.09 Å². The van der Waals surface area contributed by atoms with Gasteiger partial charge in [0.2, 0.25) is 5.91 Å². The molecule has 2 saturated heterocycles. The standard InChI is InChI=1S/C15H26N2O4/c1-11-9-12(13(18)16-5-7-20-8-6-16)17(10-11)14(19)21-15(2,3)4/h11-12H,5-10H2,1-4H3/t11?,12-/m0/s1. The van der Waals surface area contributed by atoms with Gasteiger partial charge in [-0.2, -0.15) is 0 Å². The largest absolute Gasteiger partial charge is 0.444 e. The van der Waals surface area contributed by atoms with Crippen LogP contribution in [0.2, 0.25) is 0 Å². The van der Waals surface area contributed by atoms with Gasteiger partial charge in [-0.05, 0) is 33.1 Å². The lowest BCUT2D eigenvalue weighted by atomic mass is 10.1. The second kappa shape index (κ2) is 6.22. The third-order valence-corrected chi connectivity index (χ3v) is 3.75. The molecule has 0 spiro atoms. The first-order valence-electron chi connectivity index (χ1n) is 7.64. The first kappa shape index (κ1) is 16.1. The molecule has 2 fully saturated rings. The van der Waals surface area contributed by atoms with Crippen molar-refractivity contribution in [3.8, 4) is 0 Å². The highest BCUT2D eigenvalue weighted by Crippen LogP contribution is 2.26. The maximum Gasteiger partial charge on any atom is 0.410 e. The maximum absolute atomic E-state index is 12.6. The fraction of sp³-hybridized carbons (Fsp3) is 0.867. The topological polar surface area (TPSA) is 59.1 Å². The molecule has 0 aromatic rings. The lowest BCUT2D eigenvalue weighted by Gasteiger charge is -2.33. The van der Waals surface area contributed by atoms with Gasteiger partial charge in [-0.1, -0.05) is 6.92 Å². The Morgan fingerprint density at radius 3 is 2.38 bits per heavy atom. The van der Waals surface area contributed by atoms with Gasteiger partial charge in [0.05, 0.1) is 13.2 Å². The van der Waals surface area contributed by atoms with Gasteiger partial charge in [-0.15, -0.1) is 0 Å². The quantitative estimate of drug-likeness (QED) is 0.736. The van der Waals surface area contributed by atoms with Crippen LogP contribution in [0.4, 0.5) is 4.79 Å². The van der Waals surface area contributed by atoms with Crippen molar-refractivity contribution < 1.29 is 19.1 Å². The Labute approximate surface area is 126 Å². The number of likely N-dealkylation sites (tertiary alicyclic amines) is 1. The van der Waals surface area contributed by atoms with Gasteiger partial charge < -0.3 is 14.4 Å². The molecule has 2 rings (SSSR count). The molecule has 2 heterocycles. The van der Waals surface area contributed by atoms with E-state index in [0.717, 1.165) is 0 Å². The monoisotopic (exact) mass is 298 g/mol. The molecule has 2 atom stereocenters. The predicted molar refractivity (Wildman–Crippen MR) is 77.9 cm³/mol. The van der Waals surface area contributed by atoms with Crippen LogP contribution in [-0.2, 0) is 14.3 Å². The van der Waals surface area contributed by atoms with Crippen LogP contribution in [-0.4, -0.2) is 66.3 Å². The summed E-state index contributed by atoms with van der Waals surface area (Å²) in [6.45, 7) is 10.5. The molecule has 6 nitrogen and oxygen atoms in total. The molecular weight excluding hydrogens is 272 g/mol. The maximum atomic E-state index is 12.6. The average Bonchev–Trinajstić information content (AvgIpc) is 2.79. The third-order valence-electron chi connectivity index (χ3n) is 3.75. The van der Waals surface area contributed by atoms with E-state index in [2.05, 4.69) is 6.92 Å². The summed E-state index contributed by atoms with van der Waals surface area (Å²) in [7, 11) is 0. The van der Waals surface area contributed by atoms with Gasteiger partial charge in [-0.25, -0.2) is 4.79 Å². The van der Waals surface area contributed by atoms with Crippen molar-refractivity contribution in [2.45, 2.75) is 45.8 Å². The number of carbonyl (C=O) groups is 2. The Hall–Kier alpha value is -1.30. The highest BCUT2D eigenvalue weighted by molar-refractivity contribution is 5.86. The Morgan fingerprint density at radius 1 is 1.19 bits per heavy atom. The number of carbonyl (C=O) groups excluding carboxylic acids is 2. The molecule has 0 bridgehead atoms. The molecule has 0 aliphatic carbocycles. The smallest absolute Gasteiger partial charge is 0.410 e. The molecule has 2 aliphatic rings. The van der Waals surface area contributed by atoms with Gasteiger partial charge in [0.1, 0.15) is 11.6 Å². The van der Waals surface area contributed by atoms with Crippen LogP contribution in [0.15, 0.2) is 0 Å². The van der Waals surface area contributed by atoms with Gasteiger partial charge in [-0.3, -0.25) is 9.69 Å². The van der Waals surface area contributed by atoms with Crippen LogP contribution >= 0.6 is 0 Å². The second-order valence-corrected chi connectivity index (χ2v) is 6.93. The van der Waals surface area contributed by atoms with Crippen molar-refractivity contribution in [1.82, 2.24) is 9.80 Å². The summed E-state index contributed by atoms with van der Waals surface area (Å²) in [5, 5.41) is 0. The zero-order chi connectivity index (χ0) is 15.6. The fourth-order valence-corrected chi connectivity index (χ4v) is 2.80. The zero-order valence-electron chi connectivity index (χ0n) is 13.4. The van der Waals surface area contributed by atoms with E-state index in [9.17, 15) is 9.59 Å². The summed E-state index contributed by atoms with van der Waals surface area (Å²) in [5.41, 5.74) is -0.546. The van der Waals surface area contributed by atoms with E-state index in [-0.39, 0.29) is 5.91 Å². The fourth-order valence-electron chi connectivity index (χ4n) is 2.80. The SMILES string of the molecule is CC1C[C@@H](C(=O)N2CCOCC2)N(C(=O)OC(C)(C)C)C1. The Morgan fingerprint density at radius 2 is 1.81 bits per heavy atom. The van der Waals surface area contributed by atoms with Crippen molar-refractivity contribution in [3.63, 3.8) is 0 Å². The van der Waals surface area contributed by atoms with Crippen LogP contribution in [0.3, 0.4) is 0 Å². The van der Waals surface area contributed by atoms with Crippen molar-refractivity contribution in [3.05, 3.63) is 0 Å². The van der Waals surface area contributed by atoms with Gasteiger partial charge in [0, 0.05) is 19.6 Å². The number of morpholine rings is 1. The average molecular weight is 298 g/mol. The molecule has 0 aromatic heterocycles. The van der Waals surface area contributed by atoms with Crippen LogP contribution in [0.25, 0.3) is 0 Å². The molecule has 0 aromatic carbocycles. The van der Waals surface area contributed by atoms with E-state index >= 15 is 0 Å². The number of hydrogen-bond acceptors (Lipinski definition) is 4. The molecule has 21 heavy (non-hydrogen) atoms. The van der Waals surface area contributed by atoms with Crippen molar-refractivity contribution in [1.29, 1.82) is 0 Å². The second-order valence-electron chi connectivity index (χ2n) is 6.93. The van der Waals surface area contributed by atoms with E-state index in [1.807, 2.05) is 20.8 Å². The minimum atomic E-state index is -0.546. The molecule has 0 N–H and O–H groups in total. The number of nitrogens with zero attached hydrogens (tertiary/aromatic N) is 2. The Balaban J connectivity index is 2.05. The molecule has 0 radical (unpaired) electrons. The highest BCUT2D eigenvalue weighted by Gasteiger charge is 2.41. The summed E-state index contributed by atoms with van der Waals surface area (Å²) in [5.74, 6) is 0.334.